The van der Waals surface area contributed by atoms with E-state index in [4.69, 9.17) is 11.6 Å². The Bertz CT molecular complexity index is 875. The molecule has 0 atom stereocenters. The van der Waals surface area contributed by atoms with E-state index in [1.165, 1.54) is 18.5 Å². The zero-order valence-electron chi connectivity index (χ0n) is 14.6. The number of nitriles is 1. The van der Waals surface area contributed by atoms with Crippen molar-refractivity contribution in [1.29, 1.82) is 5.26 Å². The number of hydrogen-bond acceptors (Lipinski definition) is 3. The van der Waals surface area contributed by atoms with Gasteiger partial charge in [0.1, 0.15) is 11.6 Å². The van der Waals surface area contributed by atoms with Crippen LogP contribution in [0.2, 0.25) is 5.02 Å². The van der Waals surface area contributed by atoms with E-state index in [1.54, 1.807) is 24.3 Å². The molecule has 26 heavy (non-hydrogen) atoms. The number of nitrogens with zero attached hydrogens (tertiary/aromatic N) is 2. The monoisotopic (exact) mass is 365 g/mol. The number of carbonyl (C=O) groups is 1. The molecule has 0 spiro atoms. The van der Waals surface area contributed by atoms with E-state index in [1.807, 2.05) is 37.3 Å². The first-order valence-corrected chi connectivity index (χ1v) is 8.99. The van der Waals surface area contributed by atoms with Crippen molar-refractivity contribution in [2.75, 3.05) is 23.3 Å². The Hall–Kier alpha value is -2.77. The van der Waals surface area contributed by atoms with E-state index in [9.17, 15) is 10.1 Å². The van der Waals surface area contributed by atoms with Gasteiger partial charge in [-0.15, -0.1) is 0 Å². The number of hydrogen-bond donors (Lipinski definition) is 1. The van der Waals surface area contributed by atoms with Crippen LogP contribution in [0.4, 0.5) is 11.4 Å². The SMILES string of the molecule is Cc1c(Cl)cccc1NC(=O)C(C#N)=Cc1ccc(N2CCCC2)cc1. The molecule has 4 nitrogen and oxygen atoms in total. The van der Waals surface area contributed by atoms with Crippen molar-refractivity contribution in [2.45, 2.75) is 19.8 Å². The second-order valence-electron chi connectivity index (χ2n) is 6.32. The van der Waals surface area contributed by atoms with Crippen molar-refractivity contribution in [3.8, 4) is 6.07 Å². The molecule has 1 saturated heterocycles. The molecule has 1 fully saturated rings. The van der Waals surface area contributed by atoms with Crippen molar-refractivity contribution in [2.24, 2.45) is 0 Å². The molecule has 5 heteroatoms. The maximum Gasteiger partial charge on any atom is 0.266 e. The minimum Gasteiger partial charge on any atom is -0.372 e. The maximum absolute atomic E-state index is 12.4. The van der Waals surface area contributed by atoms with Crippen LogP contribution in [0.3, 0.4) is 0 Å². The van der Waals surface area contributed by atoms with Crippen molar-refractivity contribution in [3.63, 3.8) is 0 Å². The molecule has 0 aliphatic carbocycles. The van der Waals surface area contributed by atoms with E-state index >= 15 is 0 Å². The van der Waals surface area contributed by atoms with Crippen LogP contribution in [0.5, 0.6) is 0 Å². The minimum absolute atomic E-state index is 0.0540. The molecule has 132 valence electrons. The summed E-state index contributed by atoms with van der Waals surface area (Å²) in [6.07, 6.45) is 4.05. The summed E-state index contributed by atoms with van der Waals surface area (Å²) in [5, 5.41) is 12.7. The zero-order chi connectivity index (χ0) is 18.5. The van der Waals surface area contributed by atoms with E-state index in [-0.39, 0.29) is 5.57 Å². The molecule has 0 radical (unpaired) electrons. The molecule has 0 saturated carbocycles. The number of carbonyl (C=O) groups excluding carboxylic acids is 1. The van der Waals surface area contributed by atoms with Gasteiger partial charge in [0.05, 0.1) is 0 Å². The number of halogens is 1. The predicted octanol–water partition coefficient (Wildman–Crippen LogP) is 4.79. The van der Waals surface area contributed by atoms with Gasteiger partial charge in [0, 0.05) is 29.5 Å². The third-order valence-corrected chi connectivity index (χ3v) is 4.97. The van der Waals surface area contributed by atoms with Gasteiger partial charge in [-0.1, -0.05) is 29.8 Å². The molecule has 1 amide bonds. The summed E-state index contributed by atoms with van der Waals surface area (Å²) >= 11 is 6.07. The van der Waals surface area contributed by atoms with Gasteiger partial charge < -0.3 is 10.2 Å². The molecule has 2 aromatic rings. The number of nitrogens with one attached hydrogen (secondary N) is 1. The second kappa shape index (κ2) is 8.07. The lowest BCUT2D eigenvalue weighted by atomic mass is 10.1. The highest BCUT2D eigenvalue weighted by Gasteiger charge is 2.13. The summed E-state index contributed by atoms with van der Waals surface area (Å²) < 4.78 is 0. The van der Waals surface area contributed by atoms with Gasteiger partial charge in [0.25, 0.3) is 5.91 Å². The Morgan fingerprint density at radius 3 is 2.54 bits per heavy atom. The number of benzene rings is 2. The molecule has 1 heterocycles. The summed E-state index contributed by atoms with van der Waals surface area (Å²) in [5.74, 6) is -0.443. The van der Waals surface area contributed by atoms with Crippen LogP contribution in [-0.4, -0.2) is 19.0 Å². The van der Waals surface area contributed by atoms with Gasteiger partial charge in [-0.3, -0.25) is 4.79 Å². The Labute approximate surface area is 158 Å². The normalized spacial score (nSPS) is 14.2. The number of rotatable bonds is 4. The molecule has 0 bridgehead atoms. The Kier molecular flexibility index (Phi) is 5.60. The van der Waals surface area contributed by atoms with E-state index in [2.05, 4.69) is 10.2 Å². The summed E-state index contributed by atoms with van der Waals surface area (Å²) in [4.78, 5) is 14.8. The lowest BCUT2D eigenvalue weighted by molar-refractivity contribution is -0.112. The molecule has 1 aliphatic rings. The van der Waals surface area contributed by atoms with Crippen molar-refractivity contribution >= 4 is 35.0 Å². The van der Waals surface area contributed by atoms with Crippen LogP contribution in [-0.2, 0) is 4.79 Å². The van der Waals surface area contributed by atoms with Crippen LogP contribution in [0.15, 0.2) is 48.0 Å². The van der Waals surface area contributed by atoms with Crippen LogP contribution in [0.25, 0.3) is 6.08 Å². The smallest absolute Gasteiger partial charge is 0.266 e. The average molecular weight is 366 g/mol. The van der Waals surface area contributed by atoms with E-state index < -0.39 is 5.91 Å². The summed E-state index contributed by atoms with van der Waals surface area (Å²) in [5.41, 5.74) is 3.43. The summed E-state index contributed by atoms with van der Waals surface area (Å²) in [7, 11) is 0. The molecular weight excluding hydrogens is 346 g/mol. The zero-order valence-corrected chi connectivity index (χ0v) is 15.4. The molecule has 1 N–H and O–H groups in total. The largest absolute Gasteiger partial charge is 0.372 e. The molecule has 0 unspecified atom stereocenters. The van der Waals surface area contributed by atoms with Gasteiger partial charge in [0.15, 0.2) is 0 Å². The van der Waals surface area contributed by atoms with Crippen LogP contribution < -0.4 is 10.2 Å². The van der Waals surface area contributed by atoms with Crippen molar-refractivity contribution < 1.29 is 4.79 Å². The van der Waals surface area contributed by atoms with Gasteiger partial charge in [0.2, 0.25) is 0 Å². The third kappa shape index (κ3) is 4.07. The highest BCUT2D eigenvalue weighted by atomic mass is 35.5. The topological polar surface area (TPSA) is 56.1 Å². The van der Waals surface area contributed by atoms with Crippen LogP contribution in [0, 0.1) is 18.3 Å². The molecule has 3 rings (SSSR count). The fourth-order valence-corrected chi connectivity index (χ4v) is 3.18. The van der Waals surface area contributed by atoms with Crippen molar-refractivity contribution in [3.05, 3.63) is 64.2 Å². The maximum atomic E-state index is 12.4. The standard InChI is InChI=1S/C21H20ClN3O/c1-15-19(22)5-4-6-20(15)24-21(26)17(14-23)13-16-7-9-18(10-8-16)25-11-2-3-12-25/h4-10,13H,2-3,11-12H2,1H3,(H,24,26). The third-order valence-electron chi connectivity index (χ3n) is 4.56. The fraction of sp³-hybridized carbons (Fsp3) is 0.238. The lowest BCUT2D eigenvalue weighted by Crippen LogP contribution is -2.17. The average Bonchev–Trinajstić information content (AvgIpc) is 3.18. The highest BCUT2D eigenvalue weighted by molar-refractivity contribution is 6.31. The molecule has 0 aromatic heterocycles. The molecule has 2 aromatic carbocycles. The predicted molar refractivity (Wildman–Crippen MR) is 106 cm³/mol. The summed E-state index contributed by atoms with van der Waals surface area (Å²) in [6, 6.07) is 15.2. The molecule has 1 aliphatic heterocycles. The summed E-state index contributed by atoms with van der Waals surface area (Å²) in [6.45, 7) is 3.99. The Morgan fingerprint density at radius 2 is 1.88 bits per heavy atom. The van der Waals surface area contributed by atoms with Gasteiger partial charge in [-0.25, -0.2) is 0 Å². The Balaban J connectivity index is 1.76. The molecular formula is C21H20ClN3O. The number of anilines is 2. The van der Waals surface area contributed by atoms with Gasteiger partial charge in [-0.05, 0) is 61.2 Å². The quantitative estimate of drug-likeness (QED) is 0.625. The Morgan fingerprint density at radius 1 is 1.19 bits per heavy atom. The van der Waals surface area contributed by atoms with Gasteiger partial charge in [-0.2, -0.15) is 5.26 Å². The highest BCUT2D eigenvalue weighted by Crippen LogP contribution is 2.24. The minimum atomic E-state index is -0.443. The van der Waals surface area contributed by atoms with Gasteiger partial charge >= 0.3 is 0 Å². The first-order chi connectivity index (χ1) is 12.6. The second-order valence-corrected chi connectivity index (χ2v) is 6.73. The van der Waals surface area contributed by atoms with Crippen LogP contribution >= 0.6 is 11.6 Å². The van der Waals surface area contributed by atoms with E-state index in [0.29, 0.717) is 10.7 Å². The lowest BCUT2D eigenvalue weighted by Gasteiger charge is -2.17. The van der Waals surface area contributed by atoms with Crippen LogP contribution in [0.1, 0.15) is 24.0 Å². The first-order valence-electron chi connectivity index (χ1n) is 8.62. The van der Waals surface area contributed by atoms with Crippen molar-refractivity contribution in [1.82, 2.24) is 0 Å². The first kappa shape index (κ1) is 18.0. The van der Waals surface area contributed by atoms with E-state index in [0.717, 1.165) is 24.2 Å². The fourth-order valence-electron chi connectivity index (χ4n) is 3.00. The number of amides is 1.